The Hall–Kier alpha value is -0.590. The summed E-state index contributed by atoms with van der Waals surface area (Å²) in [5.74, 6) is 5.07. The number of halogens is 2. The molecule has 1 aromatic rings. The number of aromatic nitrogens is 1. The highest BCUT2D eigenvalue weighted by Gasteiger charge is 1.83. The van der Waals surface area contributed by atoms with Crippen molar-refractivity contribution in [3.8, 4) is 0 Å². The van der Waals surface area contributed by atoms with Crippen LogP contribution in [-0.2, 0) is 9.68 Å². The van der Waals surface area contributed by atoms with Crippen LogP contribution in [0.2, 0.25) is 0 Å². The van der Waals surface area contributed by atoms with E-state index in [1.165, 1.54) is 7.11 Å². The van der Waals surface area contributed by atoms with E-state index >= 15 is 0 Å². The molecule has 0 saturated carbocycles. The summed E-state index contributed by atoms with van der Waals surface area (Å²) in [6.45, 7) is 0. The van der Waals surface area contributed by atoms with Crippen LogP contribution in [0.15, 0.2) is 24.4 Å². The fourth-order valence-electron chi connectivity index (χ4n) is 0.528. The van der Waals surface area contributed by atoms with Crippen LogP contribution in [0.4, 0.5) is 5.82 Å². The second-order valence-corrected chi connectivity index (χ2v) is 1.76. The summed E-state index contributed by atoms with van der Waals surface area (Å²) >= 11 is 0. The predicted octanol–water partition coefficient (Wildman–Crippen LogP) is 1.40. The van der Waals surface area contributed by atoms with Crippen LogP contribution in [0, 0.1) is 0 Å². The van der Waals surface area contributed by atoms with E-state index in [1.807, 2.05) is 18.2 Å². The Bertz CT molecular complexity index is 190. The van der Waals surface area contributed by atoms with E-state index in [0.29, 0.717) is 0 Å². The Morgan fingerprint density at radius 1 is 1.29 bits per heavy atom. The zero-order chi connectivity index (χ0) is 9.23. The molecule has 1 rings (SSSR count). The average molecular weight is 244 g/mol. The highest BCUT2D eigenvalue weighted by molar-refractivity contribution is 5.85. The van der Waals surface area contributed by atoms with Gasteiger partial charge in [-0.3, -0.25) is 4.84 Å². The summed E-state index contributed by atoms with van der Waals surface area (Å²) < 4.78 is 0. The molecule has 0 aliphatic rings. The molecule has 0 unspecified atom stereocenters. The molecule has 14 heavy (non-hydrogen) atoms. The molecule has 3 N–H and O–H groups in total. The highest BCUT2D eigenvalue weighted by atomic mass is 35.5. The first-order valence-corrected chi connectivity index (χ1v) is 3.28. The molecule has 0 fully saturated rings. The van der Waals surface area contributed by atoms with Crippen LogP contribution in [0.5, 0.6) is 0 Å². The molecule has 84 valence electrons. The molecule has 0 aliphatic carbocycles. The minimum atomic E-state index is 0. The molecule has 0 atom stereocenters. The van der Waals surface area contributed by atoms with Crippen molar-refractivity contribution in [1.29, 1.82) is 0 Å². The first-order chi connectivity index (χ1) is 5.85. The van der Waals surface area contributed by atoms with Gasteiger partial charge in [0.1, 0.15) is 5.82 Å². The van der Waals surface area contributed by atoms with E-state index in [9.17, 15) is 0 Å². The van der Waals surface area contributed by atoms with Crippen LogP contribution in [0.25, 0.3) is 0 Å². The summed E-state index contributed by atoms with van der Waals surface area (Å²) in [6.07, 6.45) is 1.70. The Morgan fingerprint density at radius 2 is 1.86 bits per heavy atom. The number of nitrogens with zero attached hydrogens (tertiary/aromatic N) is 1. The normalized spacial score (nSPS) is 7.07. The molecule has 0 aromatic carbocycles. The Labute approximate surface area is 95.7 Å². The smallest absolute Gasteiger partial charge is 0.149 e. The van der Waals surface area contributed by atoms with Gasteiger partial charge in [0, 0.05) is 6.20 Å². The maximum atomic E-state index is 4.62. The number of pyridine rings is 1. The summed E-state index contributed by atoms with van der Waals surface area (Å²) in [4.78, 5) is 12.3. The van der Waals surface area contributed by atoms with Crippen LogP contribution >= 0.6 is 24.8 Å². The van der Waals surface area contributed by atoms with Crippen LogP contribution in [0.1, 0.15) is 0 Å². The lowest BCUT2D eigenvalue weighted by atomic mass is 10.5. The number of hydrogen-bond acceptors (Lipinski definition) is 5. The molecular weight excluding hydrogens is 229 g/mol. The first-order valence-electron chi connectivity index (χ1n) is 3.28. The maximum absolute atomic E-state index is 4.62. The van der Waals surface area contributed by atoms with E-state index in [2.05, 4.69) is 26.0 Å². The standard InChI is InChI=1S/C6H8N2O.CH5NO.2ClH/c1-9-8-6-4-2-3-5-7-6;1-3-2;;/h2-5H,1H3,(H,7,8);2H2,1H3;2*1H. The summed E-state index contributed by atoms with van der Waals surface area (Å²) in [5.41, 5.74) is 2.60. The predicted molar refractivity (Wildman–Crippen MR) is 60.6 cm³/mol. The molecule has 1 aromatic heterocycles. The largest absolute Gasteiger partial charge is 0.308 e. The van der Waals surface area contributed by atoms with Gasteiger partial charge >= 0.3 is 0 Å². The fraction of sp³-hybridized carbons (Fsp3) is 0.286. The van der Waals surface area contributed by atoms with Gasteiger partial charge in [-0.15, -0.1) is 24.8 Å². The number of hydrogen-bond donors (Lipinski definition) is 2. The van der Waals surface area contributed by atoms with E-state index in [-0.39, 0.29) is 24.8 Å². The number of nitrogens with one attached hydrogen (secondary N) is 1. The van der Waals surface area contributed by atoms with Crippen molar-refractivity contribution in [3.05, 3.63) is 24.4 Å². The summed E-state index contributed by atoms with van der Waals surface area (Å²) in [6, 6.07) is 5.55. The Morgan fingerprint density at radius 3 is 2.21 bits per heavy atom. The van der Waals surface area contributed by atoms with E-state index in [0.717, 1.165) is 5.82 Å². The second kappa shape index (κ2) is 14.9. The number of nitrogens with two attached hydrogens (primary N) is 1. The lowest BCUT2D eigenvalue weighted by Gasteiger charge is -1.97. The Balaban J connectivity index is -0.000000218. The number of rotatable bonds is 2. The van der Waals surface area contributed by atoms with Gasteiger partial charge in [0.15, 0.2) is 0 Å². The van der Waals surface area contributed by atoms with Crippen molar-refractivity contribution in [3.63, 3.8) is 0 Å². The SMILES string of the molecule is CON.CONc1ccccn1.Cl.Cl. The lowest BCUT2D eigenvalue weighted by molar-refractivity contribution is 0.206. The molecule has 5 nitrogen and oxygen atoms in total. The quantitative estimate of drug-likeness (QED) is 0.769. The molecule has 0 aliphatic heterocycles. The molecule has 7 heteroatoms. The summed E-state index contributed by atoms with van der Waals surface area (Å²) in [7, 11) is 2.95. The minimum absolute atomic E-state index is 0. The van der Waals surface area contributed by atoms with Crippen molar-refractivity contribution in [2.45, 2.75) is 0 Å². The van der Waals surface area contributed by atoms with E-state index in [1.54, 1.807) is 13.3 Å². The molecule has 0 radical (unpaired) electrons. The van der Waals surface area contributed by atoms with E-state index < -0.39 is 0 Å². The van der Waals surface area contributed by atoms with Crippen LogP contribution in [0.3, 0.4) is 0 Å². The average Bonchev–Trinajstić information content (AvgIpc) is 2.08. The van der Waals surface area contributed by atoms with Gasteiger partial charge < -0.3 is 4.84 Å². The second-order valence-electron chi connectivity index (χ2n) is 1.76. The van der Waals surface area contributed by atoms with Gasteiger partial charge in [-0.1, -0.05) is 6.07 Å². The molecule has 0 spiro atoms. The highest BCUT2D eigenvalue weighted by Crippen LogP contribution is 1.97. The van der Waals surface area contributed by atoms with Gasteiger partial charge in [0.25, 0.3) is 0 Å². The zero-order valence-corrected chi connectivity index (χ0v) is 9.60. The van der Waals surface area contributed by atoms with Crippen molar-refractivity contribution in [1.82, 2.24) is 4.98 Å². The third-order valence-corrected chi connectivity index (χ3v) is 0.872. The van der Waals surface area contributed by atoms with Crippen molar-refractivity contribution < 1.29 is 9.68 Å². The monoisotopic (exact) mass is 243 g/mol. The summed E-state index contributed by atoms with van der Waals surface area (Å²) in [5, 5.41) is 0. The third-order valence-electron chi connectivity index (χ3n) is 0.872. The molecule has 0 saturated heterocycles. The molecule has 1 heterocycles. The van der Waals surface area contributed by atoms with E-state index in [4.69, 9.17) is 0 Å². The Kier molecular flexibility index (Phi) is 20.3. The van der Waals surface area contributed by atoms with Crippen molar-refractivity contribution >= 4 is 30.6 Å². The first kappa shape index (κ1) is 19.1. The molecule has 0 amide bonds. The van der Waals surface area contributed by atoms with Gasteiger partial charge in [-0.05, 0) is 12.1 Å². The molecular formula is C7H15Cl2N3O2. The van der Waals surface area contributed by atoms with Crippen molar-refractivity contribution in [2.75, 3.05) is 19.7 Å². The lowest BCUT2D eigenvalue weighted by Crippen LogP contribution is -1.96. The van der Waals surface area contributed by atoms with Gasteiger partial charge in [-0.25, -0.2) is 16.4 Å². The fourth-order valence-corrected chi connectivity index (χ4v) is 0.528. The van der Waals surface area contributed by atoms with Crippen LogP contribution in [-0.4, -0.2) is 19.2 Å². The topological polar surface area (TPSA) is 69.4 Å². The van der Waals surface area contributed by atoms with Gasteiger partial charge in [-0.2, -0.15) is 0 Å². The van der Waals surface area contributed by atoms with Crippen LogP contribution < -0.4 is 11.4 Å². The third kappa shape index (κ3) is 11.4. The zero-order valence-electron chi connectivity index (χ0n) is 7.97. The maximum Gasteiger partial charge on any atom is 0.149 e. The molecule has 0 bridgehead atoms. The van der Waals surface area contributed by atoms with Gasteiger partial charge in [0.05, 0.1) is 14.2 Å². The van der Waals surface area contributed by atoms with Gasteiger partial charge in [0.2, 0.25) is 0 Å². The van der Waals surface area contributed by atoms with Crippen molar-refractivity contribution in [2.24, 2.45) is 5.90 Å². The number of anilines is 1. The minimum Gasteiger partial charge on any atom is -0.308 e.